The summed E-state index contributed by atoms with van der Waals surface area (Å²) in [6, 6.07) is 0. The Balaban J connectivity index is 2.00. The van der Waals surface area contributed by atoms with Crippen molar-refractivity contribution < 1.29 is 24.2 Å². The third kappa shape index (κ3) is 8.44. The maximum atomic E-state index is 11.8. The molecule has 0 saturated carbocycles. The molecular weight excluding hydrogens is 286 g/mol. The highest BCUT2D eigenvalue weighted by Gasteiger charge is 2.15. The highest BCUT2D eigenvalue weighted by Crippen LogP contribution is 2.12. The molecule has 0 aromatic rings. The number of amides is 1. The summed E-state index contributed by atoms with van der Waals surface area (Å²) in [6.07, 6.45) is 9.25. The predicted octanol–water partition coefficient (Wildman–Crippen LogP) is 2.13. The molecule has 0 aromatic heterocycles. The van der Waals surface area contributed by atoms with Crippen molar-refractivity contribution in [3.63, 3.8) is 0 Å². The van der Waals surface area contributed by atoms with Gasteiger partial charge in [-0.05, 0) is 32.1 Å². The zero-order chi connectivity index (χ0) is 16.2. The van der Waals surface area contributed by atoms with Gasteiger partial charge in [0.05, 0.1) is 6.61 Å². The van der Waals surface area contributed by atoms with E-state index in [-0.39, 0.29) is 5.91 Å². The summed E-state index contributed by atoms with van der Waals surface area (Å²) >= 11 is 0. The van der Waals surface area contributed by atoms with E-state index in [1.807, 2.05) is 4.90 Å². The van der Waals surface area contributed by atoms with Gasteiger partial charge in [0.1, 0.15) is 0 Å². The minimum absolute atomic E-state index is 0.275. The van der Waals surface area contributed by atoms with Crippen molar-refractivity contribution >= 4 is 17.8 Å². The van der Waals surface area contributed by atoms with Gasteiger partial charge in [-0.3, -0.25) is 4.79 Å². The molecule has 6 heteroatoms. The lowest BCUT2D eigenvalue weighted by atomic mass is 10.2. The monoisotopic (exact) mass is 311 g/mol. The van der Waals surface area contributed by atoms with Gasteiger partial charge < -0.3 is 14.7 Å². The number of unbranched alkanes of at least 4 members (excludes halogenated alkanes) is 3. The minimum Gasteiger partial charge on any atom is -0.478 e. The number of hydrogen-bond acceptors (Lipinski definition) is 4. The molecule has 1 fully saturated rings. The first kappa shape index (κ1) is 18.2. The predicted molar refractivity (Wildman–Crippen MR) is 81.3 cm³/mol. The third-order valence-electron chi connectivity index (χ3n) is 3.60. The Morgan fingerprint density at radius 3 is 2.64 bits per heavy atom. The first-order chi connectivity index (χ1) is 10.6. The third-order valence-corrected chi connectivity index (χ3v) is 3.60. The van der Waals surface area contributed by atoms with E-state index in [1.165, 1.54) is 0 Å². The van der Waals surface area contributed by atoms with Crippen LogP contribution in [0.5, 0.6) is 0 Å². The number of aliphatic carboxylic acids is 1. The Morgan fingerprint density at radius 2 is 1.86 bits per heavy atom. The van der Waals surface area contributed by atoms with Crippen molar-refractivity contribution in [3.8, 4) is 0 Å². The fourth-order valence-corrected chi connectivity index (χ4v) is 2.39. The van der Waals surface area contributed by atoms with Gasteiger partial charge in [-0.1, -0.05) is 12.8 Å². The van der Waals surface area contributed by atoms with Crippen LogP contribution in [0.3, 0.4) is 0 Å². The van der Waals surface area contributed by atoms with Crippen LogP contribution in [0.1, 0.15) is 51.4 Å². The van der Waals surface area contributed by atoms with Gasteiger partial charge in [0, 0.05) is 31.7 Å². The molecule has 6 nitrogen and oxygen atoms in total. The van der Waals surface area contributed by atoms with Crippen LogP contribution in [0.4, 0.5) is 0 Å². The van der Waals surface area contributed by atoms with Gasteiger partial charge in [0.25, 0.3) is 0 Å². The molecule has 124 valence electrons. The van der Waals surface area contributed by atoms with Crippen LogP contribution in [0.2, 0.25) is 0 Å². The summed E-state index contributed by atoms with van der Waals surface area (Å²) in [4.78, 5) is 35.0. The minimum atomic E-state index is -1.17. The van der Waals surface area contributed by atoms with Crippen LogP contribution in [0, 0.1) is 0 Å². The largest absolute Gasteiger partial charge is 0.478 e. The van der Waals surface area contributed by atoms with Crippen LogP contribution in [-0.4, -0.2) is 47.5 Å². The molecule has 1 rings (SSSR count). The molecule has 1 aliphatic rings. The highest BCUT2D eigenvalue weighted by molar-refractivity contribution is 5.90. The Hall–Kier alpha value is -1.85. The van der Waals surface area contributed by atoms with E-state index < -0.39 is 11.9 Å². The molecule has 0 aliphatic carbocycles. The van der Waals surface area contributed by atoms with Crippen LogP contribution in [-0.2, 0) is 19.1 Å². The molecule has 0 atom stereocenters. The molecule has 0 unspecified atom stereocenters. The molecular formula is C16H25NO5. The molecule has 0 aromatic carbocycles. The maximum absolute atomic E-state index is 11.8. The van der Waals surface area contributed by atoms with E-state index in [1.54, 1.807) is 0 Å². The summed E-state index contributed by atoms with van der Waals surface area (Å²) in [5.74, 6) is -1.52. The zero-order valence-electron chi connectivity index (χ0n) is 13.0. The molecule has 1 heterocycles. The standard InChI is InChI=1S/C16H25NO5/c18-14-8-4-3-6-12-17(14)11-5-1-2-7-13-22-16(21)10-9-15(19)20/h9-10H,1-8,11-13H2,(H,19,20)/b10-9-. The first-order valence-corrected chi connectivity index (χ1v) is 7.95. The Labute approximate surface area is 131 Å². The SMILES string of the molecule is O=C(O)/C=C\C(=O)OCCCCCCN1CCCCCC1=O. The number of carbonyl (C=O) groups is 3. The number of nitrogens with zero attached hydrogens (tertiary/aromatic N) is 1. The molecule has 0 spiro atoms. The molecule has 1 saturated heterocycles. The first-order valence-electron chi connectivity index (χ1n) is 7.95. The normalized spacial score (nSPS) is 15.8. The van der Waals surface area contributed by atoms with Gasteiger partial charge >= 0.3 is 11.9 Å². The second kappa shape index (κ2) is 10.8. The molecule has 0 bridgehead atoms. The number of carboxylic acid groups (broad SMARTS) is 1. The summed E-state index contributed by atoms with van der Waals surface area (Å²) < 4.78 is 4.87. The Morgan fingerprint density at radius 1 is 1.09 bits per heavy atom. The average molecular weight is 311 g/mol. The van der Waals surface area contributed by atoms with E-state index in [4.69, 9.17) is 9.84 Å². The van der Waals surface area contributed by atoms with Gasteiger partial charge in [0.2, 0.25) is 5.91 Å². The van der Waals surface area contributed by atoms with Crippen molar-refractivity contribution in [3.05, 3.63) is 12.2 Å². The van der Waals surface area contributed by atoms with Crippen molar-refractivity contribution in [1.29, 1.82) is 0 Å². The smallest absolute Gasteiger partial charge is 0.331 e. The van der Waals surface area contributed by atoms with Crippen molar-refractivity contribution in [2.45, 2.75) is 51.4 Å². The number of rotatable bonds is 9. The topological polar surface area (TPSA) is 83.9 Å². The van der Waals surface area contributed by atoms with Crippen LogP contribution < -0.4 is 0 Å². The summed E-state index contributed by atoms with van der Waals surface area (Å²) in [5, 5.41) is 8.35. The van der Waals surface area contributed by atoms with E-state index in [0.29, 0.717) is 13.0 Å². The number of carboxylic acids is 1. The summed E-state index contributed by atoms with van der Waals surface area (Å²) in [6.45, 7) is 2.00. The van der Waals surface area contributed by atoms with Crippen LogP contribution >= 0.6 is 0 Å². The fraction of sp³-hybridized carbons (Fsp3) is 0.688. The lowest BCUT2D eigenvalue weighted by Crippen LogP contribution is -2.31. The Bertz CT molecular complexity index is 405. The average Bonchev–Trinajstić information content (AvgIpc) is 2.69. The van der Waals surface area contributed by atoms with Gasteiger partial charge in [-0.25, -0.2) is 9.59 Å². The van der Waals surface area contributed by atoms with E-state index in [0.717, 1.165) is 70.2 Å². The quantitative estimate of drug-likeness (QED) is 0.400. The van der Waals surface area contributed by atoms with Crippen LogP contribution in [0.15, 0.2) is 12.2 Å². The number of carbonyl (C=O) groups excluding carboxylic acids is 2. The second-order valence-corrected chi connectivity index (χ2v) is 5.44. The highest BCUT2D eigenvalue weighted by atomic mass is 16.5. The van der Waals surface area contributed by atoms with Crippen molar-refractivity contribution in [2.24, 2.45) is 0 Å². The van der Waals surface area contributed by atoms with Crippen molar-refractivity contribution in [1.82, 2.24) is 4.90 Å². The number of hydrogen-bond donors (Lipinski definition) is 1. The molecule has 1 aliphatic heterocycles. The van der Waals surface area contributed by atoms with E-state index in [2.05, 4.69) is 0 Å². The number of ether oxygens (including phenoxy) is 1. The van der Waals surface area contributed by atoms with Gasteiger partial charge in [0.15, 0.2) is 0 Å². The second-order valence-electron chi connectivity index (χ2n) is 5.44. The molecule has 0 radical (unpaired) electrons. The lowest BCUT2D eigenvalue weighted by molar-refractivity contribution is -0.138. The van der Waals surface area contributed by atoms with Gasteiger partial charge in [-0.2, -0.15) is 0 Å². The summed E-state index contributed by atoms with van der Waals surface area (Å²) in [7, 11) is 0. The zero-order valence-corrected chi connectivity index (χ0v) is 13.0. The fourth-order valence-electron chi connectivity index (χ4n) is 2.39. The van der Waals surface area contributed by atoms with Gasteiger partial charge in [-0.15, -0.1) is 0 Å². The summed E-state index contributed by atoms with van der Waals surface area (Å²) in [5.41, 5.74) is 0. The maximum Gasteiger partial charge on any atom is 0.331 e. The van der Waals surface area contributed by atoms with E-state index in [9.17, 15) is 14.4 Å². The molecule has 1 N–H and O–H groups in total. The molecule has 1 amide bonds. The molecule has 22 heavy (non-hydrogen) atoms. The lowest BCUT2D eigenvalue weighted by Gasteiger charge is -2.20. The Kier molecular flexibility index (Phi) is 8.95. The number of esters is 1. The number of likely N-dealkylation sites (tertiary alicyclic amines) is 1. The van der Waals surface area contributed by atoms with E-state index >= 15 is 0 Å². The van der Waals surface area contributed by atoms with Crippen LogP contribution in [0.25, 0.3) is 0 Å². The van der Waals surface area contributed by atoms with Crippen molar-refractivity contribution in [2.75, 3.05) is 19.7 Å².